The number of amidine groups is 1. The molecule has 1 saturated carbocycles. The summed E-state index contributed by atoms with van der Waals surface area (Å²) >= 11 is 0. The Kier molecular flexibility index (Phi) is 4.63. The Bertz CT molecular complexity index is 432. The third-order valence-electron chi connectivity index (χ3n) is 3.44. The second-order valence-corrected chi connectivity index (χ2v) is 4.60. The Morgan fingerprint density at radius 3 is 2.26 bits per heavy atom. The SMILES string of the molecule is COc1cccc(OC)c1C(=NC1CCCC1)NN. The summed E-state index contributed by atoms with van der Waals surface area (Å²) in [6.45, 7) is 0. The lowest BCUT2D eigenvalue weighted by Crippen LogP contribution is -2.33. The molecule has 5 nitrogen and oxygen atoms in total. The maximum atomic E-state index is 5.64. The number of nitrogens with one attached hydrogen (secondary N) is 1. The molecule has 2 rings (SSSR count). The maximum absolute atomic E-state index is 5.64. The van der Waals surface area contributed by atoms with Gasteiger partial charge in [0.1, 0.15) is 22.9 Å². The number of ether oxygens (including phenoxy) is 2. The Labute approximate surface area is 113 Å². The van der Waals surface area contributed by atoms with Crippen molar-refractivity contribution in [2.75, 3.05) is 14.2 Å². The molecule has 1 aliphatic rings. The summed E-state index contributed by atoms with van der Waals surface area (Å²) in [6.07, 6.45) is 4.69. The minimum Gasteiger partial charge on any atom is -0.496 e. The third kappa shape index (κ3) is 2.98. The molecular weight excluding hydrogens is 242 g/mol. The smallest absolute Gasteiger partial charge is 0.150 e. The van der Waals surface area contributed by atoms with Gasteiger partial charge in [-0.15, -0.1) is 0 Å². The average molecular weight is 263 g/mol. The Balaban J connectivity index is 2.41. The van der Waals surface area contributed by atoms with Crippen LogP contribution in [0.4, 0.5) is 0 Å². The first-order chi connectivity index (χ1) is 9.30. The predicted molar refractivity (Wildman–Crippen MR) is 75.7 cm³/mol. The first-order valence-electron chi connectivity index (χ1n) is 6.56. The number of aliphatic imine (C=N–C) groups is 1. The molecule has 5 heteroatoms. The fourth-order valence-corrected chi connectivity index (χ4v) is 2.47. The molecule has 3 N–H and O–H groups in total. The number of benzene rings is 1. The highest BCUT2D eigenvalue weighted by Crippen LogP contribution is 2.29. The third-order valence-corrected chi connectivity index (χ3v) is 3.44. The number of hydrogen-bond acceptors (Lipinski definition) is 4. The van der Waals surface area contributed by atoms with Crippen LogP contribution in [-0.4, -0.2) is 26.1 Å². The number of hydrogen-bond donors (Lipinski definition) is 2. The molecule has 1 fully saturated rings. The van der Waals surface area contributed by atoms with Crippen LogP contribution < -0.4 is 20.7 Å². The molecule has 0 atom stereocenters. The second-order valence-electron chi connectivity index (χ2n) is 4.60. The van der Waals surface area contributed by atoms with Gasteiger partial charge in [0.05, 0.1) is 20.3 Å². The van der Waals surface area contributed by atoms with Gasteiger partial charge in [-0.05, 0) is 25.0 Å². The minimum atomic E-state index is 0.334. The molecule has 0 heterocycles. The van der Waals surface area contributed by atoms with Crippen LogP contribution in [0.25, 0.3) is 0 Å². The highest BCUT2D eigenvalue weighted by Gasteiger charge is 2.19. The predicted octanol–water partition coefficient (Wildman–Crippen LogP) is 1.86. The monoisotopic (exact) mass is 263 g/mol. The van der Waals surface area contributed by atoms with Crippen LogP contribution in [0.15, 0.2) is 23.2 Å². The number of nitrogens with two attached hydrogens (primary N) is 1. The average Bonchev–Trinajstić information content (AvgIpc) is 2.97. The van der Waals surface area contributed by atoms with Crippen molar-refractivity contribution in [1.29, 1.82) is 0 Å². The van der Waals surface area contributed by atoms with E-state index in [1.807, 2.05) is 18.2 Å². The van der Waals surface area contributed by atoms with Crippen LogP contribution in [0.1, 0.15) is 31.2 Å². The van der Waals surface area contributed by atoms with Crippen LogP contribution in [0.5, 0.6) is 11.5 Å². The highest BCUT2D eigenvalue weighted by molar-refractivity contribution is 6.03. The Morgan fingerprint density at radius 1 is 1.21 bits per heavy atom. The maximum Gasteiger partial charge on any atom is 0.150 e. The van der Waals surface area contributed by atoms with E-state index in [0.29, 0.717) is 23.4 Å². The van der Waals surface area contributed by atoms with Crippen molar-refractivity contribution < 1.29 is 9.47 Å². The van der Waals surface area contributed by atoms with Crippen LogP contribution in [0, 0.1) is 0 Å². The van der Waals surface area contributed by atoms with Crippen LogP contribution >= 0.6 is 0 Å². The molecule has 0 bridgehead atoms. The number of rotatable bonds is 4. The van der Waals surface area contributed by atoms with Crippen molar-refractivity contribution in [2.45, 2.75) is 31.7 Å². The zero-order valence-corrected chi connectivity index (χ0v) is 11.5. The molecule has 1 aliphatic carbocycles. The minimum absolute atomic E-state index is 0.334. The Hall–Kier alpha value is -1.75. The van der Waals surface area contributed by atoms with E-state index in [0.717, 1.165) is 18.4 Å². The molecule has 0 spiro atoms. The largest absolute Gasteiger partial charge is 0.496 e. The van der Waals surface area contributed by atoms with E-state index < -0.39 is 0 Å². The first-order valence-corrected chi connectivity index (χ1v) is 6.56. The van der Waals surface area contributed by atoms with Gasteiger partial charge in [0.2, 0.25) is 0 Å². The highest BCUT2D eigenvalue weighted by atomic mass is 16.5. The normalized spacial score (nSPS) is 16.5. The van der Waals surface area contributed by atoms with E-state index >= 15 is 0 Å². The lowest BCUT2D eigenvalue weighted by Gasteiger charge is -2.16. The van der Waals surface area contributed by atoms with Crippen molar-refractivity contribution in [2.24, 2.45) is 10.8 Å². The summed E-state index contributed by atoms with van der Waals surface area (Å²) in [5, 5.41) is 0. The fourth-order valence-electron chi connectivity index (χ4n) is 2.47. The lowest BCUT2D eigenvalue weighted by atomic mass is 10.1. The molecule has 1 aromatic carbocycles. The summed E-state index contributed by atoms with van der Waals surface area (Å²) in [6, 6.07) is 5.96. The van der Waals surface area contributed by atoms with Gasteiger partial charge in [-0.25, -0.2) is 5.84 Å². The zero-order valence-electron chi connectivity index (χ0n) is 11.5. The van der Waals surface area contributed by atoms with E-state index in [4.69, 9.17) is 20.3 Å². The molecule has 0 saturated heterocycles. The molecular formula is C14H21N3O2. The van der Waals surface area contributed by atoms with Gasteiger partial charge >= 0.3 is 0 Å². The van der Waals surface area contributed by atoms with E-state index in [9.17, 15) is 0 Å². The number of nitrogens with zero attached hydrogens (tertiary/aromatic N) is 1. The molecule has 19 heavy (non-hydrogen) atoms. The van der Waals surface area contributed by atoms with E-state index in [1.165, 1.54) is 12.8 Å². The fraction of sp³-hybridized carbons (Fsp3) is 0.500. The van der Waals surface area contributed by atoms with E-state index in [2.05, 4.69) is 5.43 Å². The van der Waals surface area contributed by atoms with Crippen molar-refractivity contribution in [1.82, 2.24) is 5.43 Å². The molecule has 0 aliphatic heterocycles. The zero-order chi connectivity index (χ0) is 13.7. The van der Waals surface area contributed by atoms with Gasteiger partial charge in [0.15, 0.2) is 0 Å². The van der Waals surface area contributed by atoms with Crippen molar-refractivity contribution in [3.05, 3.63) is 23.8 Å². The molecule has 0 radical (unpaired) electrons. The Morgan fingerprint density at radius 2 is 1.79 bits per heavy atom. The van der Waals surface area contributed by atoms with Gasteiger partial charge in [0.25, 0.3) is 0 Å². The summed E-state index contributed by atoms with van der Waals surface area (Å²) in [5.74, 6) is 7.67. The first kappa shape index (κ1) is 13.7. The molecule has 0 unspecified atom stereocenters. The van der Waals surface area contributed by atoms with E-state index in [-0.39, 0.29) is 0 Å². The quantitative estimate of drug-likeness (QED) is 0.376. The summed E-state index contributed by atoms with van der Waals surface area (Å²) in [4.78, 5) is 4.70. The van der Waals surface area contributed by atoms with Crippen LogP contribution in [-0.2, 0) is 0 Å². The van der Waals surface area contributed by atoms with Gasteiger partial charge in [-0.1, -0.05) is 18.9 Å². The summed E-state index contributed by atoms with van der Waals surface area (Å²) in [5.41, 5.74) is 3.46. The standard InChI is InChI=1S/C14H21N3O2/c1-18-11-8-5-9-12(19-2)13(11)14(17-15)16-10-6-3-4-7-10/h5,8-10H,3-4,6-7,15H2,1-2H3,(H,16,17). The van der Waals surface area contributed by atoms with Gasteiger partial charge in [0, 0.05) is 0 Å². The number of hydrazine groups is 1. The second kappa shape index (κ2) is 6.43. The van der Waals surface area contributed by atoms with E-state index in [1.54, 1.807) is 14.2 Å². The molecule has 0 amide bonds. The van der Waals surface area contributed by atoms with Crippen molar-refractivity contribution in [3.8, 4) is 11.5 Å². The lowest BCUT2D eigenvalue weighted by molar-refractivity contribution is 0.392. The topological polar surface area (TPSA) is 68.9 Å². The molecule has 0 aromatic heterocycles. The van der Waals surface area contributed by atoms with Crippen molar-refractivity contribution >= 4 is 5.84 Å². The molecule has 104 valence electrons. The van der Waals surface area contributed by atoms with Crippen LogP contribution in [0.3, 0.4) is 0 Å². The molecule has 1 aromatic rings. The van der Waals surface area contributed by atoms with Gasteiger partial charge < -0.3 is 14.9 Å². The van der Waals surface area contributed by atoms with Gasteiger partial charge in [-0.2, -0.15) is 0 Å². The summed E-state index contributed by atoms with van der Waals surface area (Å²) in [7, 11) is 3.25. The number of methoxy groups -OCH3 is 2. The summed E-state index contributed by atoms with van der Waals surface area (Å²) < 4.78 is 10.8. The van der Waals surface area contributed by atoms with Crippen molar-refractivity contribution in [3.63, 3.8) is 0 Å². The van der Waals surface area contributed by atoms with Gasteiger partial charge in [-0.3, -0.25) is 4.99 Å². The van der Waals surface area contributed by atoms with Crippen LogP contribution in [0.2, 0.25) is 0 Å².